The molecule has 1 heterocycles. The van der Waals surface area contributed by atoms with Gasteiger partial charge in [0.05, 0.1) is 25.5 Å². The number of rotatable bonds is 8. The molecule has 1 N–H and O–H groups in total. The van der Waals surface area contributed by atoms with Gasteiger partial charge in [-0.3, -0.25) is 0 Å². The van der Waals surface area contributed by atoms with E-state index in [0.29, 0.717) is 25.9 Å². The monoisotopic (exact) mass is 244 g/mol. The summed E-state index contributed by atoms with van der Waals surface area (Å²) >= 11 is 1.67. The second-order valence-corrected chi connectivity index (χ2v) is 4.76. The van der Waals surface area contributed by atoms with E-state index in [1.807, 2.05) is 5.38 Å². The topological polar surface area (TPSA) is 43.4 Å². The maximum absolute atomic E-state index is 5.40. The van der Waals surface area contributed by atoms with Crippen molar-refractivity contribution in [2.24, 2.45) is 0 Å². The van der Waals surface area contributed by atoms with Gasteiger partial charge >= 0.3 is 0 Å². The first-order valence-corrected chi connectivity index (χ1v) is 6.33. The molecule has 1 aromatic heterocycles. The van der Waals surface area contributed by atoms with Gasteiger partial charge in [0.15, 0.2) is 0 Å². The second-order valence-electron chi connectivity index (χ2n) is 3.81. The van der Waals surface area contributed by atoms with Crippen LogP contribution in [0.2, 0.25) is 0 Å². The number of ether oxygens (including phenoxy) is 2. The molecule has 0 amide bonds. The molecule has 1 rings (SSSR count). The van der Waals surface area contributed by atoms with Gasteiger partial charge in [0.25, 0.3) is 0 Å². The van der Waals surface area contributed by atoms with Gasteiger partial charge in [0.2, 0.25) is 0 Å². The fourth-order valence-electron chi connectivity index (χ4n) is 1.11. The van der Waals surface area contributed by atoms with E-state index in [2.05, 4.69) is 24.1 Å². The molecule has 0 saturated carbocycles. The predicted octanol–water partition coefficient (Wildman–Crippen LogP) is 1.80. The van der Waals surface area contributed by atoms with Gasteiger partial charge < -0.3 is 14.8 Å². The molecule has 0 unspecified atom stereocenters. The largest absolute Gasteiger partial charge is 0.382 e. The Bertz CT molecular complexity index is 289. The van der Waals surface area contributed by atoms with E-state index in [9.17, 15) is 0 Å². The average molecular weight is 244 g/mol. The number of hydrogen-bond acceptors (Lipinski definition) is 5. The molecule has 0 saturated heterocycles. The second kappa shape index (κ2) is 7.73. The summed E-state index contributed by atoms with van der Waals surface area (Å²) in [5, 5.41) is 6.49. The molecular formula is C11H20N2O2S. The Morgan fingerprint density at radius 3 is 2.94 bits per heavy atom. The fraction of sp³-hybridized carbons (Fsp3) is 0.727. The summed E-state index contributed by atoms with van der Waals surface area (Å²) in [5.74, 6) is 0. The Labute approximate surface area is 101 Å². The lowest BCUT2D eigenvalue weighted by molar-refractivity contribution is 0.0604. The summed E-state index contributed by atoms with van der Waals surface area (Å²) < 4.78 is 10.3. The van der Waals surface area contributed by atoms with Crippen LogP contribution in [-0.2, 0) is 22.6 Å². The van der Waals surface area contributed by atoms with Gasteiger partial charge in [0.1, 0.15) is 5.01 Å². The van der Waals surface area contributed by atoms with E-state index >= 15 is 0 Å². The Hall–Kier alpha value is -0.490. The molecule has 0 atom stereocenters. The van der Waals surface area contributed by atoms with Crippen LogP contribution >= 0.6 is 11.3 Å². The number of nitrogens with one attached hydrogen (secondary N) is 1. The van der Waals surface area contributed by atoms with Crippen LogP contribution in [0.3, 0.4) is 0 Å². The third kappa shape index (κ3) is 5.55. The molecule has 0 aromatic carbocycles. The minimum atomic E-state index is 0.491. The van der Waals surface area contributed by atoms with Crippen molar-refractivity contribution < 1.29 is 9.47 Å². The molecule has 0 aliphatic carbocycles. The van der Waals surface area contributed by atoms with Crippen molar-refractivity contribution in [3.05, 3.63) is 16.1 Å². The SMILES string of the molecule is COCCOCc1csc(CNC(C)C)n1. The lowest BCUT2D eigenvalue weighted by atomic mass is 10.4. The van der Waals surface area contributed by atoms with Crippen LogP contribution in [-0.4, -0.2) is 31.3 Å². The maximum atomic E-state index is 5.40. The molecule has 0 fully saturated rings. The third-order valence-electron chi connectivity index (χ3n) is 1.94. The van der Waals surface area contributed by atoms with Crippen LogP contribution in [0.15, 0.2) is 5.38 Å². The first-order valence-electron chi connectivity index (χ1n) is 5.45. The van der Waals surface area contributed by atoms with Crippen molar-refractivity contribution in [1.82, 2.24) is 10.3 Å². The average Bonchev–Trinajstić information content (AvgIpc) is 2.70. The highest BCUT2D eigenvalue weighted by molar-refractivity contribution is 7.09. The van der Waals surface area contributed by atoms with E-state index in [-0.39, 0.29) is 0 Å². The quantitative estimate of drug-likeness (QED) is 0.708. The number of hydrogen-bond donors (Lipinski definition) is 1. The summed E-state index contributed by atoms with van der Waals surface area (Å²) in [7, 11) is 1.67. The van der Waals surface area contributed by atoms with Crippen LogP contribution in [0.5, 0.6) is 0 Å². The predicted molar refractivity (Wildman–Crippen MR) is 65.6 cm³/mol. The van der Waals surface area contributed by atoms with E-state index in [1.54, 1.807) is 18.4 Å². The van der Waals surface area contributed by atoms with E-state index in [4.69, 9.17) is 9.47 Å². The van der Waals surface area contributed by atoms with Gasteiger partial charge in [-0.2, -0.15) is 0 Å². The van der Waals surface area contributed by atoms with E-state index in [1.165, 1.54) is 0 Å². The van der Waals surface area contributed by atoms with Crippen molar-refractivity contribution in [1.29, 1.82) is 0 Å². The smallest absolute Gasteiger partial charge is 0.107 e. The van der Waals surface area contributed by atoms with Crippen molar-refractivity contribution in [2.45, 2.75) is 33.0 Å². The third-order valence-corrected chi connectivity index (χ3v) is 2.84. The molecule has 0 aliphatic heterocycles. The van der Waals surface area contributed by atoms with E-state index < -0.39 is 0 Å². The van der Waals surface area contributed by atoms with Crippen LogP contribution in [0, 0.1) is 0 Å². The lowest BCUT2D eigenvalue weighted by Gasteiger charge is -2.04. The molecule has 5 heteroatoms. The fourth-order valence-corrected chi connectivity index (χ4v) is 1.84. The number of thiazole rings is 1. The summed E-state index contributed by atoms with van der Waals surface area (Å²) in [4.78, 5) is 4.47. The Balaban J connectivity index is 2.22. The van der Waals surface area contributed by atoms with Crippen molar-refractivity contribution in [2.75, 3.05) is 20.3 Å². The zero-order chi connectivity index (χ0) is 11.8. The van der Waals surface area contributed by atoms with Crippen LogP contribution < -0.4 is 5.32 Å². The number of nitrogens with zero attached hydrogens (tertiary/aromatic N) is 1. The number of aromatic nitrogens is 1. The minimum Gasteiger partial charge on any atom is -0.382 e. The van der Waals surface area contributed by atoms with Gasteiger partial charge in [-0.15, -0.1) is 11.3 Å². The zero-order valence-corrected chi connectivity index (χ0v) is 11.0. The molecule has 0 radical (unpaired) electrons. The molecule has 0 bridgehead atoms. The molecule has 1 aromatic rings. The number of methoxy groups -OCH3 is 1. The van der Waals surface area contributed by atoms with Gasteiger partial charge in [-0.25, -0.2) is 4.98 Å². The highest BCUT2D eigenvalue weighted by Gasteiger charge is 2.02. The van der Waals surface area contributed by atoms with E-state index in [0.717, 1.165) is 17.2 Å². The Morgan fingerprint density at radius 1 is 1.44 bits per heavy atom. The highest BCUT2D eigenvalue weighted by Crippen LogP contribution is 2.10. The normalized spacial score (nSPS) is 11.2. The highest BCUT2D eigenvalue weighted by atomic mass is 32.1. The Morgan fingerprint density at radius 2 is 2.25 bits per heavy atom. The zero-order valence-electron chi connectivity index (χ0n) is 10.2. The summed E-state index contributed by atoms with van der Waals surface area (Å²) in [6.07, 6.45) is 0. The van der Waals surface area contributed by atoms with Gasteiger partial charge in [-0.05, 0) is 0 Å². The first kappa shape index (κ1) is 13.6. The standard InChI is InChI=1S/C11H20N2O2S/c1-9(2)12-6-11-13-10(8-16-11)7-15-5-4-14-3/h8-9,12H,4-7H2,1-3H3. The molecule has 0 spiro atoms. The van der Waals surface area contributed by atoms with Crippen molar-refractivity contribution in [3.63, 3.8) is 0 Å². The molecule has 0 aliphatic rings. The summed E-state index contributed by atoms with van der Waals surface area (Å²) in [6.45, 7) is 6.91. The molecule has 92 valence electrons. The van der Waals surface area contributed by atoms with Gasteiger partial charge in [-0.1, -0.05) is 13.8 Å². The van der Waals surface area contributed by atoms with Gasteiger partial charge in [0, 0.05) is 25.1 Å². The van der Waals surface area contributed by atoms with Crippen LogP contribution in [0.1, 0.15) is 24.5 Å². The molecule has 16 heavy (non-hydrogen) atoms. The molecule has 4 nitrogen and oxygen atoms in total. The lowest BCUT2D eigenvalue weighted by Crippen LogP contribution is -2.21. The Kier molecular flexibility index (Phi) is 6.56. The van der Waals surface area contributed by atoms with Crippen molar-refractivity contribution in [3.8, 4) is 0 Å². The van der Waals surface area contributed by atoms with Crippen molar-refractivity contribution >= 4 is 11.3 Å². The minimum absolute atomic E-state index is 0.491. The van der Waals surface area contributed by atoms with Crippen LogP contribution in [0.4, 0.5) is 0 Å². The maximum Gasteiger partial charge on any atom is 0.107 e. The summed E-state index contributed by atoms with van der Waals surface area (Å²) in [5.41, 5.74) is 1.00. The summed E-state index contributed by atoms with van der Waals surface area (Å²) in [6, 6.07) is 0.491. The molecular weight excluding hydrogens is 224 g/mol. The van der Waals surface area contributed by atoms with Crippen LogP contribution in [0.25, 0.3) is 0 Å². The first-order chi connectivity index (χ1) is 7.72.